The van der Waals surface area contributed by atoms with Crippen molar-refractivity contribution in [1.29, 1.82) is 0 Å². The normalized spacial score (nSPS) is 14.9. The number of aryl methyl sites for hydroxylation is 1. The highest BCUT2D eigenvalue weighted by Gasteiger charge is 2.22. The third kappa shape index (κ3) is 4.18. The summed E-state index contributed by atoms with van der Waals surface area (Å²) in [6.07, 6.45) is 6.61. The van der Waals surface area contributed by atoms with E-state index in [4.69, 9.17) is 9.26 Å². The maximum Gasteiger partial charge on any atom is 0.257 e. The van der Waals surface area contributed by atoms with Crippen molar-refractivity contribution in [3.05, 3.63) is 40.9 Å². The summed E-state index contributed by atoms with van der Waals surface area (Å²) in [4.78, 5) is 16.8. The second-order valence-corrected chi connectivity index (χ2v) is 6.87. The van der Waals surface area contributed by atoms with Gasteiger partial charge in [-0.25, -0.2) is 4.98 Å². The van der Waals surface area contributed by atoms with Crippen molar-refractivity contribution in [3.8, 4) is 5.88 Å². The number of ether oxygens (including phenoxy) is 1. The van der Waals surface area contributed by atoms with E-state index in [-0.39, 0.29) is 17.9 Å². The molecule has 0 saturated heterocycles. The van der Waals surface area contributed by atoms with E-state index in [1.165, 1.54) is 12.8 Å². The number of rotatable bonds is 6. The van der Waals surface area contributed by atoms with Crippen LogP contribution in [-0.2, 0) is 6.54 Å². The molecule has 0 aliphatic heterocycles. The third-order valence-electron chi connectivity index (χ3n) is 4.48. The Morgan fingerprint density at radius 3 is 2.88 bits per heavy atom. The number of hydrogen-bond acceptors (Lipinski definition) is 5. The molecular weight excluding hydrogens is 318 g/mol. The quantitative estimate of drug-likeness (QED) is 0.864. The van der Waals surface area contributed by atoms with E-state index in [1.807, 2.05) is 26.0 Å². The van der Waals surface area contributed by atoms with Crippen molar-refractivity contribution in [1.82, 2.24) is 15.5 Å². The van der Waals surface area contributed by atoms with Crippen LogP contribution in [0.4, 0.5) is 0 Å². The summed E-state index contributed by atoms with van der Waals surface area (Å²) in [5.41, 5.74) is 2.10. The number of nitrogens with one attached hydrogen (secondary N) is 1. The molecule has 25 heavy (non-hydrogen) atoms. The van der Waals surface area contributed by atoms with Gasteiger partial charge in [-0.15, -0.1) is 0 Å². The number of amides is 1. The molecule has 0 aromatic carbocycles. The van der Waals surface area contributed by atoms with Gasteiger partial charge in [0.1, 0.15) is 11.7 Å². The molecule has 0 spiro atoms. The van der Waals surface area contributed by atoms with Gasteiger partial charge in [-0.05, 0) is 44.2 Å². The molecule has 0 atom stereocenters. The van der Waals surface area contributed by atoms with Gasteiger partial charge in [0.15, 0.2) is 5.76 Å². The number of carbonyl (C=O) groups excluding carboxylic acids is 1. The van der Waals surface area contributed by atoms with Crippen molar-refractivity contribution in [3.63, 3.8) is 0 Å². The molecule has 2 aromatic heterocycles. The Hall–Kier alpha value is -2.37. The monoisotopic (exact) mass is 343 g/mol. The first-order chi connectivity index (χ1) is 12.0. The third-order valence-corrected chi connectivity index (χ3v) is 4.48. The fourth-order valence-electron chi connectivity index (χ4n) is 3.13. The summed E-state index contributed by atoms with van der Waals surface area (Å²) in [7, 11) is 0. The Balaban J connectivity index is 1.63. The maximum atomic E-state index is 12.5. The lowest BCUT2D eigenvalue weighted by molar-refractivity contribution is 0.0947. The molecule has 1 saturated carbocycles. The number of hydrogen-bond donors (Lipinski definition) is 1. The first-order valence-corrected chi connectivity index (χ1v) is 8.90. The predicted octanol–water partition coefficient (Wildman–Crippen LogP) is 3.75. The standard InChI is InChI=1S/C19H25N3O3/c1-12(2)18-17(13(3)22-25-18)19(23)21-11-14-8-9-20-16(10-14)24-15-6-4-5-7-15/h8-10,12,15H,4-7,11H2,1-3H3,(H,21,23). The maximum absolute atomic E-state index is 12.5. The van der Waals surface area contributed by atoms with Crippen molar-refractivity contribution in [2.75, 3.05) is 0 Å². The minimum atomic E-state index is -0.169. The minimum absolute atomic E-state index is 0.106. The van der Waals surface area contributed by atoms with Gasteiger partial charge < -0.3 is 14.6 Å². The highest BCUT2D eigenvalue weighted by atomic mass is 16.5. The van der Waals surface area contributed by atoms with Gasteiger partial charge in [0, 0.05) is 24.7 Å². The number of aromatic nitrogens is 2. The average Bonchev–Trinajstić information content (AvgIpc) is 3.22. The fraction of sp³-hybridized carbons (Fsp3) is 0.526. The van der Waals surface area contributed by atoms with Crippen LogP contribution in [0.3, 0.4) is 0 Å². The summed E-state index contributed by atoms with van der Waals surface area (Å²) in [6, 6.07) is 3.77. The molecule has 2 heterocycles. The smallest absolute Gasteiger partial charge is 0.257 e. The second-order valence-electron chi connectivity index (χ2n) is 6.87. The summed E-state index contributed by atoms with van der Waals surface area (Å²) < 4.78 is 11.2. The van der Waals surface area contributed by atoms with Gasteiger partial charge >= 0.3 is 0 Å². The Kier molecular flexibility index (Phi) is 5.36. The van der Waals surface area contributed by atoms with Gasteiger partial charge in [-0.1, -0.05) is 19.0 Å². The van der Waals surface area contributed by atoms with Crippen molar-refractivity contribution >= 4 is 5.91 Å². The van der Waals surface area contributed by atoms with Crippen LogP contribution in [0.25, 0.3) is 0 Å². The van der Waals surface area contributed by atoms with Gasteiger partial charge in [-0.2, -0.15) is 0 Å². The van der Waals surface area contributed by atoms with Crippen LogP contribution < -0.4 is 10.1 Å². The first-order valence-electron chi connectivity index (χ1n) is 8.90. The molecule has 1 fully saturated rings. The van der Waals surface area contributed by atoms with E-state index in [9.17, 15) is 4.79 Å². The Morgan fingerprint density at radius 2 is 2.16 bits per heavy atom. The number of nitrogens with zero attached hydrogens (tertiary/aromatic N) is 2. The van der Waals surface area contributed by atoms with Crippen molar-refractivity contribution < 1.29 is 14.1 Å². The van der Waals surface area contributed by atoms with Gasteiger partial charge in [-0.3, -0.25) is 4.79 Å². The topological polar surface area (TPSA) is 77.3 Å². The lowest BCUT2D eigenvalue weighted by Gasteiger charge is -2.13. The highest BCUT2D eigenvalue weighted by Crippen LogP contribution is 2.24. The van der Waals surface area contributed by atoms with Crippen LogP contribution in [-0.4, -0.2) is 22.2 Å². The van der Waals surface area contributed by atoms with Gasteiger partial charge in [0.2, 0.25) is 5.88 Å². The molecule has 134 valence electrons. The van der Waals surface area contributed by atoms with E-state index < -0.39 is 0 Å². The van der Waals surface area contributed by atoms with Gasteiger partial charge in [0.25, 0.3) is 5.91 Å². The molecule has 3 rings (SSSR count). The molecule has 2 aromatic rings. The van der Waals surface area contributed by atoms with E-state index in [1.54, 1.807) is 13.1 Å². The van der Waals surface area contributed by atoms with E-state index in [2.05, 4.69) is 15.5 Å². The summed E-state index contributed by atoms with van der Waals surface area (Å²) in [6.45, 7) is 6.15. The highest BCUT2D eigenvalue weighted by molar-refractivity contribution is 5.96. The van der Waals surface area contributed by atoms with E-state index >= 15 is 0 Å². The fourth-order valence-corrected chi connectivity index (χ4v) is 3.13. The molecule has 0 radical (unpaired) electrons. The first kappa shape index (κ1) is 17.5. The molecule has 0 bridgehead atoms. The zero-order chi connectivity index (χ0) is 17.8. The van der Waals surface area contributed by atoms with Crippen LogP contribution in [0, 0.1) is 6.92 Å². The minimum Gasteiger partial charge on any atom is -0.474 e. The summed E-state index contributed by atoms with van der Waals surface area (Å²) in [5.74, 6) is 1.18. The van der Waals surface area contributed by atoms with Gasteiger partial charge in [0.05, 0.1) is 5.69 Å². The lowest BCUT2D eigenvalue weighted by Crippen LogP contribution is -2.24. The Bertz CT molecular complexity index is 733. The van der Waals surface area contributed by atoms with Crippen LogP contribution in [0.5, 0.6) is 5.88 Å². The molecule has 6 heteroatoms. The lowest BCUT2D eigenvalue weighted by atomic mass is 10.0. The van der Waals surface area contributed by atoms with Crippen molar-refractivity contribution in [2.24, 2.45) is 0 Å². The molecule has 1 N–H and O–H groups in total. The largest absolute Gasteiger partial charge is 0.474 e. The number of carbonyl (C=O) groups is 1. The average molecular weight is 343 g/mol. The second kappa shape index (κ2) is 7.68. The van der Waals surface area contributed by atoms with Crippen LogP contribution in [0.2, 0.25) is 0 Å². The molecule has 6 nitrogen and oxygen atoms in total. The van der Waals surface area contributed by atoms with Crippen LogP contribution >= 0.6 is 0 Å². The Morgan fingerprint density at radius 1 is 1.40 bits per heavy atom. The summed E-state index contributed by atoms with van der Waals surface area (Å²) in [5, 5.41) is 6.86. The molecule has 1 aliphatic carbocycles. The molecule has 0 unspecified atom stereocenters. The molecular formula is C19H25N3O3. The summed E-state index contributed by atoms with van der Waals surface area (Å²) >= 11 is 0. The molecule has 1 aliphatic rings. The zero-order valence-corrected chi connectivity index (χ0v) is 15.0. The Labute approximate surface area is 148 Å². The zero-order valence-electron chi connectivity index (χ0n) is 15.0. The SMILES string of the molecule is Cc1noc(C(C)C)c1C(=O)NCc1ccnc(OC2CCCC2)c1. The number of pyridine rings is 1. The molecule has 1 amide bonds. The van der Waals surface area contributed by atoms with Crippen molar-refractivity contribution in [2.45, 2.75) is 65.0 Å². The van der Waals surface area contributed by atoms with Crippen LogP contribution in [0.15, 0.2) is 22.9 Å². The van der Waals surface area contributed by atoms with Crippen LogP contribution in [0.1, 0.15) is 72.8 Å². The van der Waals surface area contributed by atoms with E-state index in [0.717, 1.165) is 18.4 Å². The van der Waals surface area contributed by atoms with E-state index in [0.29, 0.717) is 29.4 Å². The predicted molar refractivity (Wildman–Crippen MR) is 93.6 cm³/mol.